The van der Waals surface area contributed by atoms with Crippen LogP contribution in [-0.2, 0) is 0 Å². The molecule has 0 saturated carbocycles. The predicted molar refractivity (Wildman–Crippen MR) is 75.4 cm³/mol. The molecule has 94 valence electrons. The Kier molecular flexibility index (Phi) is 4.40. The van der Waals surface area contributed by atoms with Gasteiger partial charge >= 0.3 is 0 Å². The number of halogens is 1. The van der Waals surface area contributed by atoms with Crippen molar-refractivity contribution in [3.8, 4) is 0 Å². The van der Waals surface area contributed by atoms with Crippen LogP contribution in [0.1, 0.15) is 18.5 Å². The van der Waals surface area contributed by atoms with Crippen molar-refractivity contribution in [2.24, 2.45) is 5.92 Å². The highest BCUT2D eigenvalue weighted by molar-refractivity contribution is 9.10. The molecule has 1 unspecified atom stereocenters. The SMILES string of the molecule is Cc1nc(Br)ccc1NCC1CCCN(C)C1. The first kappa shape index (κ1) is 12.8. The van der Waals surface area contributed by atoms with Gasteiger partial charge in [-0.25, -0.2) is 4.98 Å². The van der Waals surface area contributed by atoms with E-state index in [1.54, 1.807) is 0 Å². The largest absolute Gasteiger partial charge is 0.383 e. The Bertz CT molecular complexity index is 381. The summed E-state index contributed by atoms with van der Waals surface area (Å²) in [5.41, 5.74) is 2.21. The standard InChI is InChI=1S/C13H20BrN3/c1-10-12(5-6-13(14)16-10)15-8-11-4-3-7-17(2)9-11/h5-6,11,15H,3-4,7-9H2,1-2H3. The van der Waals surface area contributed by atoms with Crippen LogP contribution < -0.4 is 5.32 Å². The molecule has 3 nitrogen and oxygen atoms in total. The lowest BCUT2D eigenvalue weighted by atomic mass is 9.98. The molecule has 1 aromatic rings. The van der Waals surface area contributed by atoms with E-state index in [2.05, 4.69) is 44.2 Å². The maximum Gasteiger partial charge on any atom is 0.106 e. The predicted octanol–water partition coefficient (Wildman–Crippen LogP) is 2.91. The summed E-state index contributed by atoms with van der Waals surface area (Å²) in [4.78, 5) is 6.82. The van der Waals surface area contributed by atoms with Crippen molar-refractivity contribution in [2.45, 2.75) is 19.8 Å². The molecule has 2 rings (SSSR count). The first-order valence-corrected chi connectivity index (χ1v) is 7.00. The number of likely N-dealkylation sites (tertiary alicyclic amines) is 1. The van der Waals surface area contributed by atoms with Crippen molar-refractivity contribution in [1.82, 2.24) is 9.88 Å². The molecule has 1 fully saturated rings. The minimum Gasteiger partial charge on any atom is -0.383 e. The monoisotopic (exact) mass is 297 g/mol. The third-order valence-corrected chi connectivity index (χ3v) is 3.80. The molecule has 0 aromatic carbocycles. The van der Waals surface area contributed by atoms with Gasteiger partial charge in [-0.1, -0.05) is 0 Å². The van der Waals surface area contributed by atoms with Crippen molar-refractivity contribution in [3.63, 3.8) is 0 Å². The molecule has 1 aromatic heterocycles. The molecule has 1 aliphatic rings. The zero-order chi connectivity index (χ0) is 12.3. The number of aromatic nitrogens is 1. The van der Waals surface area contributed by atoms with Crippen LogP contribution in [0.15, 0.2) is 16.7 Å². The van der Waals surface area contributed by atoms with Crippen LogP contribution in [0.25, 0.3) is 0 Å². The Labute approximate surface area is 112 Å². The van der Waals surface area contributed by atoms with Crippen LogP contribution in [0.2, 0.25) is 0 Å². The fraction of sp³-hybridized carbons (Fsp3) is 0.615. The number of hydrogen-bond donors (Lipinski definition) is 1. The zero-order valence-electron chi connectivity index (χ0n) is 10.5. The molecule has 1 aliphatic heterocycles. The lowest BCUT2D eigenvalue weighted by molar-refractivity contribution is 0.217. The van der Waals surface area contributed by atoms with E-state index in [1.807, 2.05) is 13.0 Å². The number of pyridine rings is 1. The second-order valence-corrected chi connectivity index (χ2v) is 5.73. The second-order valence-electron chi connectivity index (χ2n) is 4.92. The quantitative estimate of drug-likeness (QED) is 0.870. The Morgan fingerprint density at radius 2 is 2.35 bits per heavy atom. The molecular weight excluding hydrogens is 278 g/mol. The van der Waals surface area contributed by atoms with Crippen LogP contribution in [0.4, 0.5) is 5.69 Å². The van der Waals surface area contributed by atoms with E-state index in [-0.39, 0.29) is 0 Å². The lowest BCUT2D eigenvalue weighted by Crippen LogP contribution is -2.35. The van der Waals surface area contributed by atoms with Crippen molar-refractivity contribution in [3.05, 3.63) is 22.4 Å². The highest BCUT2D eigenvalue weighted by Gasteiger charge is 2.16. The lowest BCUT2D eigenvalue weighted by Gasteiger charge is -2.30. The van der Waals surface area contributed by atoms with Gasteiger partial charge in [0.05, 0.1) is 11.4 Å². The molecular formula is C13H20BrN3. The van der Waals surface area contributed by atoms with E-state index in [1.165, 1.54) is 25.9 Å². The molecule has 4 heteroatoms. The van der Waals surface area contributed by atoms with Crippen LogP contribution in [0, 0.1) is 12.8 Å². The van der Waals surface area contributed by atoms with Crippen LogP contribution >= 0.6 is 15.9 Å². The summed E-state index contributed by atoms with van der Waals surface area (Å²) in [5, 5.41) is 3.52. The maximum atomic E-state index is 4.40. The average Bonchev–Trinajstić information content (AvgIpc) is 2.28. The van der Waals surface area contributed by atoms with Gasteiger partial charge in [-0.3, -0.25) is 0 Å². The summed E-state index contributed by atoms with van der Waals surface area (Å²) in [6.45, 7) is 5.54. The summed E-state index contributed by atoms with van der Waals surface area (Å²) in [5.74, 6) is 0.761. The Hall–Kier alpha value is -0.610. The fourth-order valence-electron chi connectivity index (χ4n) is 2.41. The van der Waals surface area contributed by atoms with Crippen LogP contribution in [0.3, 0.4) is 0 Å². The third kappa shape index (κ3) is 3.68. The summed E-state index contributed by atoms with van der Waals surface area (Å²) in [6, 6.07) is 4.08. The van der Waals surface area contributed by atoms with Gasteiger partial charge in [-0.15, -0.1) is 0 Å². The summed E-state index contributed by atoms with van der Waals surface area (Å²) < 4.78 is 0.901. The number of aryl methyl sites for hydroxylation is 1. The summed E-state index contributed by atoms with van der Waals surface area (Å²) >= 11 is 3.39. The van der Waals surface area contributed by atoms with Crippen molar-refractivity contribution >= 4 is 21.6 Å². The Morgan fingerprint density at radius 1 is 1.53 bits per heavy atom. The van der Waals surface area contributed by atoms with Gasteiger partial charge in [0.15, 0.2) is 0 Å². The van der Waals surface area contributed by atoms with Crippen molar-refractivity contribution in [1.29, 1.82) is 0 Å². The van der Waals surface area contributed by atoms with Gasteiger partial charge in [-0.05, 0) is 67.3 Å². The van der Waals surface area contributed by atoms with Gasteiger partial charge in [0, 0.05) is 13.1 Å². The number of nitrogens with one attached hydrogen (secondary N) is 1. The molecule has 0 spiro atoms. The molecule has 1 N–H and O–H groups in total. The molecule has 17 heavy (non-hydrogen) atoms. The normalized spacial score (nSPS) is 21.5. The number of anilines is 1. The summed E-state index contributed by atoms with van der Waals surface area (Å²) in [7, 11) is 2.21. The number of piperidine rings is 1. The number of nitrogens with zero attached hydrogens (tertiary/aromatic N) is 2. The van der Waals surface area contributed by atoms with Crippen molar-refractivity contribution in [2.75, 3.05) is 32.0 Å². The van der Waals surface area contributed by atoms with Crippen molar-refractivity contribution < 1.29 is 0 Å². The topological polar surface area (TPSA) is 28.2 Å². The van der Waals surface area contributed by atoms with Crippen LogP contribution in [-0.4, -0.2) is 36.6 Å². The molecule has 0 bridgehead atoms. The smallest absolute Gasteiger partial charge is 0.106 e. The van der Waals surface area contributed by atoms with Gasteiger partial charge in [0.1, 0.15) is 4.60 Å². The van der Waals surface area contributed by atoms with E-state index in [0.29, 0.717) is 0 Å². The number of rotatable bonds is 3. The van der Waals surface area contributed by atoms with Gasteiger partial charge in [0.2, 0.25) is 0 Å². The summed E-state index contributed by atoms with van der Waals surface area (Å²) in [6.07, 6.45) is 2.65. The van der Waals surface area contributed by atoms with E-state index in [0.717, 1.165) is 28.4 Å². The Balaban J connectivity index is 1.88. The molecule has 1 saturated heterocycles. The van der Waals surface area contributed by atoms with Gasteiger partial charge in [-0.2, -0.15) is 0 Å². The van der Waals surface area contributed by atoms with E-state index in [4.69, 9.17) is 0 Å². The van der Waals surface area contributed by atoms with Crippen LogP contribution in [0.5, 0.6) is 0 Å². The number of hydrogen-bond acceptors (Lipinski definition) is 3. The Morgan fingerprint density at radius 3 is 3.06 bits per heavy atom. The molecule has 0 aliphatic carbocycles. The molecule has 0 amide bonds. The molecule has 1 atom stereocenters. The third-order valence-electron chi connectivity index (χ3n) is 3.36. The second kappa shape index (κ2) is 5.83. The average molecular weight is 298 g/mol. The van der Waals surface area contributed by atoms with E-state index >= 15 is 0 Å². The first-order chi connectivity index (χ1) is 8.15. The van der Waals surface area contributed by atoms with E-state index in [9.17, 15) is 0 Å². The molecule has 0 radical (unpaired) electrons. The highest BCUT2D eigenvalue weighted by atomic mass is 79.9. The van der Waals surface area contributed by atoms with E-state index < -0.39 is 0 Å². The molecule has 2 heterocycles. The maximum absolute atomic E-state index is 4.40. The van der Waals surface area contributed by atoms with Gasteiger partial charge < -0.3 is 10.2 Å². The fourth-order valence-corrected chi connectivity index (χ4v) is 2.81. The first-order valence-electron chi connectivity index (χ1n) is 6.20. The minimum atomic E-state index is 0.761. The van der Waals surface area contributed by atoms with Gasteiger partial charge in [0.25, 0.3) is 0 Å². The minimum absolute atomic E-state index is 0.761. The highest BCUT2D eigenvalue weighted by Crippen LogP contribution is 2.19. The zero-order valence-corrected chi connectivity index (χ0v) is 12.1.